The van der Waals surface area contributed by atoms with Crippen molar-refractivity contribution in [2.45, 2.75) is 20.4 Å². The second-order valence-corrected chi connectivity index (χ2v) is 6.27. The fraction of sp³-hybridized carbons (Fsp3) is 0.421. The summed E-state index contributed by atoms with van der Waals surface area (Å²) in [7, 11) is 0. The number of rotatable bonds is 5. The molecular formula is C19H24N6. The number of nitrogens with one attached hydrogen (secondary N) is 1. The van der Waals surface area contributed by atoms with E-state index in [1.165, 1.54) is 0 Å². The molecule has 6 nitrogen and oxygen atoms in total. The Morgan fingerprint density at radius 1 is 1.20 bits per heavy atom. The Labute approximate surface area is 149 Å². The van der Waals surface area contributed by atoms with Crippen LogP contribution in [0.1, 0.15) is 23.7 Å². The van der Waals surface area contributed by atoms with E-state index in [2.05, 4.69) is 44.1 Å². The lowest BCUT2D eigenvalue weighted by atomic mass is 10.2. The fourth-order valence-corrected chi connectivity index (χ4v) is 2.97. The lowest BCUT2D eigenvalue weighted by molar-refractivity contribution is 0.270. The molecule has 0 unspecified atom stereocenters. The number of aromatic nitrogens is 2. The van der Waals surface area contributed by atoms with Crippen LogP contribution < -0.4 is 10.2 Å². The van der Waals surface area contributed by atoms with Crippen molar-refractivity contribution in [3.05, 3.63) is 47.3 Å². The average molecular weight is 336 g/mol. The molecule has 130 valence electrons. The van der Waals surface area contributed by atoms with Crippen LogP contribution in [-0.4, -0.2) is 47.6 Å². The molecule has 0 amide bonds. The molecule has 0 radical (unpaired) electrons. The van der Waals surface area contributed by atoms with Gasteiger partial charge in [0.1, 0.15) is 23.4 Å². The van der Waals surface area contributed by atoms with Gasteiger partial charge in [0.05, 0.1) is 0 Å². The van der Waals surface area contributed by atoms with Gasteiger partial charge in [0.15, 0.2) is 0 Å². The van der Waals surface area contributed by atoms with Gasteiger partial charge in [-0.3, -0.25) is 0 Å². The Bertz CT molecular complexity index is 759. The van der Waals surface area contributed by atoms with Crippen molar-refractivity contribution in [1.29, 1.82) is 5.26 Å². The summed E-state index contributed by atoms with van der Waals surface area (Å²) in [5.74, 6) is 1.75. The minimum Gasteiger partial charge on any atom is -0.366 e. The minimum absolute atomic E-state index is 0.467. The number of nitrogens with zero attached hydrogens (tertiary/aromatic N) is 5. The highest BCUT2D eigenvalue weighted by molar-refractivity contribution is 5.45. The van der Waals surface area contributed by atoms with Gasteiger partial charge in [0.25, 0.3) is 0 Å². The van der Waals surface area contributed by atoms with E-state index in [4.69, 9.17) is 5.26 Å². The van der Waals surface area contributed by atoms with Gasteiger partial charge in [-0.05, 0) is 42.8 Å². The smallest absolute Gasteiger partial charge is 0.145 e. The van der Waals surface area contributed by atoms with Crippen LogP contribution in [0.2, 0.25) is 0 Å². The molecule has 1 aliphatic heterocycles. The van der Waals surface area contributed by atoms with Crippen molar-refractivity contribution in [1.82, 2.24) is 14.9 Å². The highest BCUT2D eigenvalue weighted by Crippen LogP contribution is 2.16. The molecule has 3 heterocycles. The fourth-order valence-electron chi connectivity index (χ4n) is 2.97. The number of hydrogen-bond acceptors (Lipinski definition) is 6. The second-order valence-electron chi connectivity index (χ2n) is 6.27. The zero-order valence-corrected chi connectivity index (χ0v) is 14.9. The zero-order valence-electron chi connectivity index (χ0n) is 14.9. The third kappa shape index (κ3) is 4.25. The molecule has 25 heavy (non-hydrogen) atoms. The summed E-state index contributed by atoms with van der Waals surface area (Å²) in [6.45, 7) is 10.1. The molecule has 1 N–H and O–H groups in total. The molecule has 0 atom stereocenters. The van der Waals surface area contributed by atoms with Gasteiger partial charge in [-0.1, -0.05) is 13.0 Å². The van der Waals surface area contributed by atoms with Gasteiger partial charge >= 0.3 is 0 Å². The molecular weight excluding hydrogens is 312 g/mol. The summed E-state index contributed by atoms with van der Waals surface area (Å²) in [6.07, 6.45) is 1.86. The zero-order chi connectivity index (χ0) is 17.6. The maximum absolute atomic E-state index is 9.09. The molecule has 1 saturated heterocycles. The molecule has 1 aliphatic rings. The van der Waals surface area contributed by atoms with Gasteiger partial charge in [-0.15, -0.1) is 0 Å². The minimum atomic E-state index is 0.467. The first-order chi connectivity index (χ1) is 12.2. The van der Waals surface area contributed by atoms with Crippen molar-refractivity contribution in [2.24, 2.45) is 0 Å². The standard InChI is InChI=1S/C19H24N6/c1-3-24-8-10-25(11-9-24)19-12-16(6-7-21-19)14-22-18-5-4-15(2)17(13-20)23-18/h4-7,12H,3,8-11,14H2,1-2H3,(H,22,23). The van der Waals surface area contributed by atoms with E-state index in [-0.39, 0.29) is 0 Å². The van der Waals surface area contributed by atoms with Crippen LogP contribution >= 0.6 is 0 Å². The van der Waals surface area contributed by atoms with E-state index in [0.717, 1.165) is 55.5 Å². The van der Waals surface area contributed by atoms with Gasteiger partial charge in [0, 0.05) is 38.9 Å². The maximum Gasteiger partial charge on any atom is 0.145 e. The van der Waals surface area contributed by atoms with Crippen LogP contribution in [-0.2, 0) is 6.54 Å². The van der Waals surface area contributed by atoms with Crippen LogP contribution in [0.4, 0.5) is 11.6 Å². The molecule has 2 aromatic heterocycles. The number of anilines is 2. The normalized spacial score (nSPS) is 15.0. The summed E-state index contributed by atoms with van der Waals surface area (Å²) in [5, 5.41) is 12.4. The SMILES string of the molecule is CCN1CCN(c2cc(CNc3ccc(C)c(C#N)n3)ccn2)CC1. The van der Waals surface area contributed by atoms with Crippen molar-refractivity contribution in [2.75, 3.05) is 42.9 Å². The molecule has 1 fully saturated rings. The molecule has 3 rings (SSSR count). The van der Waals surface area contributed by atoms with Crippen LogP contribution in [0.5, 0.6) is 0 Å². The Balaban J connectivity index is 1.63. The Morgan fingerprint density at radius 3 is 2.72 bits per heavy atom. The van der Waals surface area contributed by atoms with Crippen LogP contribution in [0.15, 0.2) is 30.5 Å². The Hall–Kier alpha value is -2.65. The third-order valence-corrected chi connectivity index (χ3v) is 4.63. The monoisotopic (exact) mass is 336 g/mol. The highest BCUT2D eigenvalue weighted by atomic mass is 15.3. The van der Waals surface area contributed by atoms with Gasteiger partial charge < -0.3 is 15.1 Å². The van der Waals surface area contributed by atoms with Crippen molar-refractivity contribution in [3.8, 4) is 6.07 Å². The van der Waals surface area contributed by atoms with Crippen molar-refractivity contribution < 1.29 is 0 Å². The number of aryl methyl sites for hydroxylation is 1. The van der Waals surface area contributed by atoms with E-state index in [1.54, 1.807) is 0 Å². The average Bonchev–Trinajstić information content (AvgIpc) is 2.67. The molecule has 0 spiro atoms. The first kappa shape index (κ1) is 17.2. The molecule has 0 bridgehead atoms. The van der Waals surface area contributed by atoms with Gasteiger partial charge in [0.2, 0.25) is 0 Å². The predicted octanol–water partition coefficient (Wildman–Crippen LogP) is 2.41. The molecule has 0 saturated carbocycles. The van der Waals surface area contributed by atoms with Crippen LogP contribution in [0.25, 0.3) is 0 Å². The van der Waals surface area contributed by atoms with E-state index in [1.807, 2.05) is 31.3 Å². The maximum atomic E-state index is 9.09. The van der Waals surface area contributed by atoms with E-state index in [0.29, 0.717) is 12.2 Å². The summed E-state index contributed by atoms with van der Waals surface area (Å²) < 4.78 is 0. The topological polar surface area (TPSA) is 68.1 Å². The lowest BCUT2D eigenvalue weighted by Gasteiger charge is -2.34. The Morgan fingerprint density at radius 2 is 2.00 bits per heavy atom. The second kappa shape index (κ2) is 7.95. The number of likely N-dealkylation sites (N-methyl/N-ethyl adjacent to an activating group) is 1. The summed E-state index contributed by atoms with van der Waals surface area (Å²) in [5.41, 5.74) is 2.52. The number of piperazine rings is 1. The van der Waals surface area contributed by atoms with E-state index in [9.17, 15) is 0 Å². The number of pyridine rings is 2. The first-order valence-corrected chi connectivity index (χ1v) is 8.73. The molecule has 2 aromatic rings. The van der Waals surface area contributed by atoms with E-state index < -0.39 is 0 Å². The third-order valence-electron chi connectivity index (χ3n) is 4.63. The van der Waals surface area contributed by atoms with E-state index >= 15 is 0 Å². The van der Waals surface area contributed by atoms with Crippen LogP contribution in [0.3, 0.4) is 0 Å². The molecule has 0 aliphatic carbocycles. The number of nitriles is 1. The molecule has 6 heteroatoms. The quantitative estimate of drug-likeness (QED) is 0.904. The van der Waals surface area contributed by atoms with Crippen molar-refractivity contribution in [3.63, 3.8) is 0 Å². The van der Waals surface area contributed by atoms with Gasteiger partial charge in [-0.2, -0.15) is 5.26 Å². The lowest BCUT2D eigenvalue weighted by Crippen LogP contribution is -2.46. The Kier molecular flexibility index (Phi) is 5.46. The van der Waals surface area contributed by atoms with Crippen molar-refractivity contribution >= 4 is 11.6 Å². The summed E-state index contributed by atoms with van der Waals surface area (Å²) in [6, 6.07) is 10.1. The number of hydrogen-bond donors (Lipinski definition) is 1. The largest absolute Gasteiger partial charge is 0.366 e. The van der Waals surface area contributed by atoms with Crippen LogP contribution in [0, 0.1) is 18.3 Å². The molecule has 0 aromatic carbocycles. The first-order valence-electron chi connectivity index (χ1n) is 8.73. The predicted molar refractivity (Wildman–Crippen MR) is 99.6 cm³/mol. The highest BCUT2D eigenvalue weighted by Gasteiger charge is 2.16. The summed E-state index contributed by atoms with van der Waals surface area (Å²) >= 11 is 0. The van der Waals surface area contributed by atoms with Gasteiger partial charge in [-0.25, -0.2) is 9.97 Å². The summed E-state index contributed by atoms with van der Waals surface area (Å²) in [4.78, 5) is 13.7.